The smallest absolute Gasteiger partial charge is 0.125 e. The molecule has 6 aromatic rings. The van der Waals surface area contributed by atoms with Crippen LogP contribution in [0.2, 0.25) is 0 Å². The Bertz CT molecular complexity index is 1650. The van der Waals surface area contributed by atoms with Gasteiger partial charge in [0.15, 0.2) is 0 Å². The molecule has 1 atom stereocenters. The van der Waals surface area contributed by atoms with Crippen molar-refractivity contribution < 1.29 is 5.11 Å². The molecule has 0 bridgehead atoms. The van der Waals surface area contributed by atoms with E-state index >= 15 is 0 Å². The third-order valence-electron chi connectivity index (χ3n) is 6.71. The van der Waals surface area contributed by atoms with Gasteiger partial charge in [0, 0.05) is 33.9 Å². The molecule has 0 fully saturated rings. The quantitative estimate of drug-likeness (QED) is 0.323. The summed E-state index contributed by atoms with van der Waals surface area (Å²) in [6.45, 7) is 5.10. The molecule has 5 nitrogen and oxygen atoms in total. The number of nitrogens with zero attached hydrogens (tertiary/aromatic N) is 4. The average molecular weight is 459 g/mol. The first-order chi connectivity index (χ1) is 17.2. The molecule has 6 rings (SSSR count). The molecular formula is C30H26N4O. The van der Waals surface area contributed by atoms with Crippen LogP contribution in [0.4, 0.5) is 0 Å². The molecular weight excluding hydrogens is 432 g/mol. The molecule has 0 aliphatic carbocycles. The molecule has 0 aliphatic rings. The van der Waals surface area contributed by atoms with E-state index in [2.05, 4.69) is 64.3 Å². The van der Waals surface area contributed by atoms with Crippen molar-refractivity contribution in [3.63, 3.8) is 0 Å². The van der Waals surface area contributed by atoms with Gasteiger partial charge in [-0.3, -0.25) is 0 Å². The van der Waals surface area contributed by atoms with Gasteiger partial charge in [-0.15, -0.1) is 5.10 Å². The van der Waals surface area contributed by atoms with Crippen molar-refractivity contribution in [1.82, 2.24) is 19.6 Å². The highest BCUT2D eigenvalue weighted by Crippen LogP contribution is 2.35. The predicted octanol–water partition coefficient (Wildman–Crippen LogP) is 6.45. The van der Waals surface area contributed by atoms with Crippen LogP contribution in [0.5, 0.6) is 0 Å². The SMILES string of the molecule is CCn1c2ccccc2c2cc(-n3nnc(C(O)c4ccc(C)cc4)c3-c3ccccc3)ccc21. The molecule has 0 saturated carbocycles. The average Bonchev–Trinajstić information content (AvgIpc) is 3.48. The number of aliphatic hydroxyl groups is 1. The van der Waals surface area contributed by atoms with Gasteiger partial charge in [-0.25, -0.2) is 4.68 Å². The monoisotopic (exact) mass is 458 g/mol. The Balaban J connectivity index is 1.56. The van der Waals surface area contributed by atoms with Crippen molar-refractivity contribution in [3.8, 4) is 16.9 Å². The van der Waals surface area contributed by atoms with Crippen LogP contribution >= 0.6 is 0 Å². The van der Waals surface area contributed by atoms with E-state index in [9.17, 15) is 5.11 Å². The molecule has 0 aliphatic heterocycles. The summed E-state index contributed by atoms with van der Waals surface area (Å²) >= 11 is 0. The van der Waals surface area contributed by atoms with Crippen molar-refractivity contribution in [3.05, 3.63) is 114 Å². The van der Waals surface area contributed by atoms with Gasteiger partial charge in [0.1, 0.15) is 17.5 Å². The Kier molecular flexibility index (Phi) is 5.20. The number of benzene rings is 4. The molecule has 2 heterocycles. The first-order valence-electron chi connectivity index (χ1n) is 11.9. The highest BCUT2D eigenvalue weighted by atomic mass is 16.3. The molecule has 5 heteroatoms. The predicted molar refractivity (Wildman–Crippen MR) is 141 cm³/mol. The first kappa shape index (κ1) is 21.3. The summed E-state index contributed by atoms with van der Waals surface area (Å²) in [4.78, 5) is 0. The third kappa shape index (κ3) is 3.52. The van der Waals surface area contributed by atoms with Crippen molar-refractivity contribution in [1.29, 1.82) is 0 Å². The Labute approximate surface area is 203 Å². The van der Waals surface area contributed by atoms with Gasteiger partial charge >= 0.3 is 0 Å². The number of para-hydroxylation sites is 1. The minimum absolute atomic E-state index is 0.538. The number of aryl methyl sites for hydroxylation is 2. The zero-order chi connectivity index (χ0) is 23.9. The summed E-state index contributed by atoms with van der Waals surface area (Å²) < 4.78 is 4.18. The van der Waals surface area contributed by atoms with E-state index in [1.807, 2.05) is 66.2 Å². The number of aromatic nitrogens is 4. The lowest BCUT2D eigenvalue weighted by Crippen LogP contribution is -2.04. The van der Waals surface area contributed by atoms with Crippen molar-refractivity contribution in [2.45, 2.75) is 26.5 Å². The molecule has 4 aromatic carbocycles. The lowest BCUT2D eigenvalue weighted by atomic mass is 10.0. The maximum atomic E-state index is 11.3. The molecule has 35 heavy (non-hydrogen) atoms. The van der Waals surface area contributed by atoms with Crippen LogP contribution in [0.3, 0.4) is 0 Å². The van der Waals surface area contributed by atoms with Gasteiger partial charge in [-0.2, -0.15) is 0 Å². The Morgan fingerprint density at radius 2 is 1.51 bits per heavy atom. The van der Waals surface area contributed by atoms with Crippen LogP contribution in [0.25, 0.3) is 38.8 Å². The van der Waals surface area contributed by atoms with Gasteiger partial charge in [-0.1, -0.05) is 83.6 Å². The summed E-state index contributed by atoms with van der Waals surface area (Å²) in [5, 5.41) is 22.7. The Morgan fingerprint density at radius 1 is 0.800 bits per heavy atom. The summed E-state index contributed by atoms with van der Waals surface area (Å²) in [6, 6.07) is 32.8. The normalized spacial score (nSPS) is 12.4. The van der Waals surface area contributed by atoms with Gasteiger partial charge in [0.25, 0.3) is 0 Å². The van der Waals surface area contributed by atoms with E-state index in [0.29, 0.717) is 5.69 Å². The zero-order valence-electron chi connectivity index (χ0n) is 19.8. The van der Waals surface area contributed by atoms with E-state index in [-0.39, 0.29) is 0 Å². The third-order valence-corrected chi connectivity index (χ3v) is 6.71. The van der Waals surface area contributed by atoms with E-state index < -0.39 is 6.10 Å². The Morgan fingerprint density at radius 3 is 2.29 bits per heavy atom. The van der Waals surface area contributed by atoms with Gasteiger partial charge < -0.3 is 9.67 Å². The minimum Gasteiger partial charge on any atom is -0.382 e. The number of hydrogen-bond acceptors (Lipinski definition) is 3. The van der Waals surface area contributed by atoms with Crippen LogP contribution in [-0.2, 0) is 6.54 Å². The van der Waals surface area contributed by atoms with Crippen LogP contribution in [-0.4, -0.2) is 24.7 Å². The molecule has 1 N–H and O–H groups in total. The van der Waals surface area contributed by atoms with Crippen LogP contribution in [0, 0.1) is 6.92 Å². The second-order valence-electron chi connectivity index (χ2n) is 8.88. The zero-order valence-corrected chi connectivity index (χ0v) is 19.8. The molecule has 0 radical (unpaired) electrons. The second-order valence-corrected chi connectivity index (χ2v) is 8.88. The fourth-order valence-corrected chi connectivity index (χ4v) is 4.95. The van der Waals surface area contributed by atoms with Crippen LogP contribution in [0.1, 0.15) is 29.8 Å². The maximum absolute atomic E-state index is 11.3. The number of fused-ring (bicyclic) bond motifs is 3. The Hall–Kier alpha value is -4.22. The van der Waals surface area contributed by atoms with E-state index in [0.717, 1.165) is 34.6 Å². The van der Waals surface area contributed by atoms with Crippen molar-refractivity contribution in [2.24, 2.45) is 0 Å². The highest BCUT2D eigenvalue weighted by molar-refractivity contribution is 6.08. The van der Waals surface area contributed by atoms with E-state index in [1.165, 1.54) is 21.8 Å². The van der Waals surface area contributed by atoms with Gasteiger partial charge in [0.05, 0.1) is 5.69 Å². The number of hydrogen-bond donors (Lipinski definition) is 1. The molecule has 0 amide bonds. The fourth-order valence-electron chi connectivity index (χ4n) is 4.95. The van der Waals surface area contributed by atoms with Gasteiger partial charge in [0.2, 0.25) is 0 Å². The molecule has 172 valence electrons. The number of aliphatic hydroxyl groups excluding tert-OH is 1. The number of rotatable bonds is 5. The summed E-state index contributed by atoms with van der Waals surface area (Å²) in [5.41, 5.74) is 7.54. The van der Waals surface area contributed by atoms with E-state index in [4.69, 9.17) is 0 Å². The summed E-state index contributed by atoms with van der Waals surface area (Å²) in [5.74, 6) is 0. The fraction of sp³-hybridized carbons (Fsp3) is 0.133. The van der Waals surface area contributed by atoms with Gasteiger partial charge in [-0.05, 0) is 43.7 Å². The molecule has 1 unspecified atom stereocenters. The van der Waals surface area contributed by atoms with Crippen LogP contribution in [0.15, 0.2) is 97.1 Å². The molecule has 0 spiro atoms. The van der Waals surface area contributed by atoms with E-state index in [1.54, 1.807) is 0 Å². The van der Waals surface area contributed by atoms with Crippen molar-refractivity contribution in [2.75, 3.05) is 0 Å². The maximum Gasteiger partial charge on any atom is 0.125 e. The second kappa shape index (κ2) is 8.53. The minimum atomic E-state index is -0.884. The lowest BCUT2D eigenvalue weighted by molar-refractivity contribution is 0.215. The lowest BCUT2D eigenvalue weighted by Gasteiger charge is -2.13. The molecule has 0 saturated heterocycles. The largest absolute Gasteiger partial charge is 0.382 e. The highest BCUT2D eigenvalue weighted by Gasteiger charge is 2.24. The molecule has 2 aromatic heterocycles. The summed E-state index contributed by atoms with van der Waals surface area (Å²) in [7, 11) is 0. The first-order valence-corrected chi connectivity index (χ1v) is 11.9. The van der Waals surface area contributed by atoms with Crippen LogP contribution < -0.4 is 0 Å². The topological polar surface area (TPSA) is 55.9 Å². The summed E-state index contributed by atoms with van der Waals surface area (Å²) in [6.07, 6.45) is -0.884. The van der Waals surface area contributed by atoms with Crippen molar-refractivity contribution >= 4 is 21.8 Å². The standard InChI is InChI=1S/C30H26N4O/c1-3-33-26-12-8-7-11-24(26)25-19-23(17-18-27(25)33)34-29(21-9-5-4-6-10-21)28(31-32-34)30(35)22-15-13-20(2)14-16-22/h4-19,30,35H,3H2,1-2H3.